The Morgan fingerprint density at radius 2 is 1.68 bits per heavy atom. The third kappa shape index (κ3) is 6.17. The van der Waals surface area contributed by atoms with Gasteiger partial charge in [-0.3, -0.25) is 9.59 Å². The number of halogens is 1. The topological polar surface area (TPSA) is 97.5 Å². The van der Waals surface area contributed by atoms with Crippen LogP contribution in [0.2, 0.25) is 0 Å². The molecule has 0 heterocycles. The van der Waals surface area contributed by atoms with E-state index in [1.807, 2.05) is 13.8 Å². The summed E-state index contributed by atoms with van der Waals surface area (Å²) < 4.78 is -0.764. The number of quaternary nitrogens is 1. The zero-order chi connectivity index (χ0) is 19.9. The third-order valence-electron chi connectivity index (χ3n) is 4.41. The maximum atomic E-state index is 12.9. The van der Waals surface area contributed by atoms with Crippen LogP contribution in [-0.2, 0) is 19.2 Å². The van der Waals surface area contributed by atoms with Gasteiger partial charge < -0.3 is 10.6 Å². The van der Waals surface area contributed by atoms with Crippen molar-refractivity contribution >= 4 is 35.1 Å². The molecule has 2 N–H and O–H groups in total. The molecule has 0 fully saturated rings. The molecule has 0 aromatic heterocycles. The highest BCUT2D eigenvalue weighted by atomic mass is 35.5. The van der Waals surface area contributed by atoms with Crippen LogP contribution in [0, 0.1) is 5.92 Å². The number of carbonyl (C=O) groups is 4. The lowest BCUT2D eigenvalue weighted by atomic mass is 9.97. The van der Waals surface area contributed by atoms with E-state index in [1.165, 1.54) is 18.9 Å². The molecule has 0 radical (unpaired) electrons. The van der Waals surface area contributed by atoms with E-state index >= 15 is 0 Å². The second-order valence-electron chi connectivity index (χ2n) is 7.11. The van der Waals surface area contributed by atoms with Gasteiger partial charge in [0.1, 0.15) is 6.04 Å². The summed E-state index contributed by atoms with van der Waals surface area (Å²) in [5.41, 5.74) is 5.99. The van der Waals surface area contributed by atoms with Crippen molar-refractivity contribution in [3.8, 4) is 0 Å². The van der Waals surface area contributed by atoms with Crippen molar-refractivity contribution in [2.45, 2.75) is 52.1 Å². The Kier molecular flexibility index (Phi) is 9.47. The van der Waals surface area contributed by atoms with Crippen LogP contribution >= 0.6 is 11.6 Å². The maximum Gasteiger partial charge on any atom is 0.338 e. The van der Waals surface area contributed by atoms with Crippen molar-refractivity contribution in [1.82, 2.24) is 4.90 Å². The Labute approximate surface area is 155 Å². The Bertz CT molecular complexity index is 522. The number of alkyl halides is 1. The van der Waals surface area contributed by atoms with Gasteiger partial charge in [-0.15, -0.1) is 11.6 Å². The average Bonchev–Trinajstić information content (AvgIpc) is 2.52. The maximum absolute atomic E-state index is 12.9. The Hall–Kier alpha value is -1.31. The molecule has 7 nitrogen and oxygen atoms in total. The summed E-state index contributed by atoms with van der Waals surface area (Å²) in [6.07, 6.45) is 0.491. The first-order valence-electron chi connectivity index (χ1n) is 8.35. The van der Waals surface area contributed by atoms with Crippen molar-refractivity contribution in [3.63, 3.8) is 0 Å². The highest BCUT2D eigenvalue weighted by Crippen LogP contribution is 2.22. The smallest absolute Gasteiger partial charge is 0.338 e. The van der Waals surface area contributed by atoms with Crippen LogP contribution in [0.4, 0.5) is 0 Å². The molecule has 0 aromatic rings. The minimum atomic E-state index is -1.02. The van der Waals surface area contributed by atoms with Gasteiger partial charge in [-0.05, 0) is 12.3 Å². The van der Waals surface area contributed by atoms with Gasteiger partial charge in [-0.25, -0.2) is 9.59 Å². The van der Waals surface area contributed by atoms with Gasteiger partial charge in [-0.2, -0.15) is 4.48 Å². The number of carbonyl (C=O) groups excluding carboxylic acids is 4. The fourth-order valence-corrected chi connectivity index (χ4v) is 2.94. The SMILES string of the molecule is CC(=O)[N+](C)(C(=O)[C@@H](N)CC(C)C)[C@@H](CCC(=O)N(C)C)C(=O)CCl. The summed E-state index contributed by atoms with van der Waals surface area (Å²) in [6.45, 7) is 5.09. The van der Waals surface area contributed by atoms with E-state index in [0.29, 0.717) is 6.42 Å². The predicted octanol–water partition coefficient (Wildman–Crippen LogP) is 0.924. The number of likely N-dealkylation sites (N-methyl/N-ethyl adjacent to an activating group) is 1. The molecule has 144 valence electrons. The number of hydrogen-bond acceptors (Lipinski definition) is 5. The number of imide groups is 1. The molecule has 8 heteroatoms. The molecule has 0 saturated heterocycles. The molecule has 3 amide bonds. The quantitative estimate of drug-likeness (QED) is 0.476. The summed E-state index contributed by atoms with van der Waals surface area (Å²) in [6, 6.07) is -1.89. The third-order valence-corrected chi connectivity index (χ3v) is 4.68. The zero-order valence-electron chi connectivity index (χ0n) is 16.0. The largest absolute Gasteiger partial charge is 0.349 e. The summed E-state index contributed by atoms with van der Waals surface area (Å²) in [4.78, 5) is 50.9. The molecule has 1 unspecified atom stereocenters. The van der Waals surface area contributed by atoms with Crippen molar-refractivity contribution < 1.29 is 23.7 Å². The van der Waals surface area contributed by atoms with Crippen LogP contribution in [0.1, 0.15) is 40.0 Å². The fraction of sp³-hybridized carbons (Fsp3) is 0.765. The first kappa shape index (κ1) is 23.7. The van der Waals surface area contributed by atoms with Crippen LogP contribution < -0.4 is 5.73 Å². The number of amides is 3. The highest BCUT2D eigenvalue weighted by Gasteiger charge is 2.50. The lowest BCUT2D eigenvalue weighted by molar-refractivity contribution is -0.775. The zero-order valence-corrected chi connectivity index (χ0v) is 16.8. The fourth-order valence-electron chi connectivity index (χ4n) is 2.76. The lowest BCUT2D eigenvalue weighted by Crippen LogP contribution is -2.66. The lowest BCUT2D eigenvalue weighted by Gasteiger charge is -2.36. The number of nitrogens with zero attached hydrogens (tertiary/aromatic N) is 2. The van der Waals surface area contributed by atoms with Crippen molar-refractivity contribution in [2.75, 3.05) is 27.0 Å². The van der Waals surface area contributed by atoms with E-state index in [9.17, 15) is 19.2 Å². The van der Waals surface area contributed by atoms with Gasteiger partial charge in [0.25, 0.3) is 0 Å². The minimum absolute atomic E-state index is 0.0358. The minimum Gasteiger partial charge on any atom is -0.349 e. The second-order valence-corrected chi connectivity index (χ2v) is 7.38. The van der Waals surface area contributed by atoms with Gasteiger partial charge in [-0.1, -0.05) is 13.8 Å². The van der Waals surface area contributed by atoms with E-state index in [2.05, 4.69) is 0 Å². The van der Waals surface area contributed by atoms with Gasteiger partial charge in [0.15, 0.2) is 6.04 Å². The van der Waals surface area contributed by atoms with Gasteiger partial charge in [0, 0.05) is 26.9 Å². The monoisotopic (exact) mass is 376 g/mol. The number of Topliss-reactive ketones (excluding diaryl/α,β-unsaturated/α-hetero) is 1. The number of hydrogen-bond donors (Lipinski definition) is 1. The first-order valence-corrected chi connectivity index (χ1v) is 8.89. The van der Waals surface area contributed by atoms with Crippen LogP contribution in [0.25, 0.3) is 0 Å². The van der Waals surface area contributed by atoms with Crippen molar-refractivity contribution in [1.29, 1.82) is 0 Å². The van der Waals surface area contributed by atoms with E-state index < -0.39 is 34.2 Å². The second kappa shape index (κ2) is 9.99. The van der Waals surface area contributed by atoms with Gasteiger partial charge >= 0.3 is 11.8 Å². The highest BCUT2D eigenvalue weighted by molar-refractivity contribution is 6.28. The standard InChI is InChI=1S/C17H31ClN3O4/c1-11(2)9-13(19)17(25)21(6,12(3)22)14(15(23)10-18)7-8-16(24)20(4)5/h11,13-14H,7-10,19H2,1-6H3/q+1/t13-,14-,21?/m0/s1. The van der Waals surface area contributed by atoms with Crippen LogP contribution in [0.3, 0.4) is 0 Å². The molecule has 0 aromatic carbocycles. The number of ketones is 1. The molecule has 0 rings (SSSR count). The summed E-state index contributed by atoms with van der Waals surface area (Å²) >= 11 is 5.70. The van der Waals surface area contributed by atoms with E-state index in [1.54, 1.807) is 14.1 Å². The Morgan fingerprint density at radius 1 is 1.16 bits per heavy atom. The van der Waals surface area contributed by atoms with Crippen molar-refractivity contribution in [2.24, 2.45) is 11.7 Å². The van der Waals surface area contributed by atoms with Crippen LogP contribution in [0.5, 0.6) is 0 Å². The molecule has 0 bridgehead atoms. The van der Waals surface area contributed by atoms with Gasteiger partial charge in [0.05, 0.1) is 19.9 Å². The molecule has 0 saturated carbocycles. The Morgan fingerprint density at radius 3 is 2.04 bits per heavy atom. The predicted molar refractivity (Wildman–Crippen MR) is 96.7 cm³/mol. The molecule has 0 spiro atoms. The molecular weight excluding hydrogens is 346 g/mol. The van der Waals surface area contributed by atoms with E-state index in [-0.39, 0.29) is 30.5 Å². The molecule has 3 atom stereocenters. The summed E-state index contributed by atoms with van der Waals surface area (Å²) in [7, 11) is 4.59. The van der Waals surface area contributed by atoms with Crippen molar-refractivity contribution in [3.05, 3.63) is 0 Å². The molecule has 0 aliphatic carbocycles. The number of rotatable bonds is 9. The number of nitrogens with two attached hydrogens (primary N) is 1. The van der Waals surface area contributed by atoms with Crippen LogP contribution in [-0.4, -0.2) is 72.0 Å². The summed E-state index contributed by atoms with van der Waals surface area (Å²) in [5, 5.41) is 0. The molecule has 25 heavy (non-hydrogen) atoms. The van der Waals surface area contributed by atoms with E-state index in [0.717, 1.165) is 0 Å². The first-order chi connectivity index (χ1) is 11.4. The normalized spacial score (nSPS) is 16.0. The Balaban J connectivity index is 5.74. The average molecular weight is 377 g/mol. The summed E-state index contributed by atoms with van der Waals surface area (Å²) in [5.74, 6) is -1.84. The molecular formula is C17H31ClN3O4+. The van der Waals surface area contributed by atoms with Gasteiger partial charge in [0.2, 0.25) is 11.7 Å². The molecule has 0 aliphatic rings. The van der Waals surface area contributed by atoms with E-state index in [4.69, 9.17) is 17.3 Å². The van der Waals surface area contributed by atoms with Crippen LogP contribution in [0.15, 0.2) is 0 Å². The molecule has 0 aliphatic heterocycles.